The van der Waals surface area contributed by atoms with Crippen LogP contribution in [0.5, 0.6) is 11.5 Å². The molecule has 0 radical (unpaired) electrons. The predicted octanol–water partition coefficient (Wildman–Crippen LogP) is 1.87. The van der Waals surface area contributed by atoms with E-state index in [1.54, 1.807) is 0 Å². The summed E-state index contributed by atoms with van der Waals surface area (Å²) in [7, 11) is 1.29. The second kappa shape index (κ2) is 9.50. The van der Waals surface area contributed by atoms with Crippen LogP contribution in [0.25, 0.3) is 0 Å². The quantitative estimate of drug-likeness (QED) is 0.366. The second-order valence-corrected chi connectivity index (χ2v) is 7.10. The van der Waals surface area contributed by atoms with E-state index >= 15 is 0 Å². The third-order valence-electron chi connectivity index (χ3n) is 4.20. The van der Waals surface area contributed by atoms with E-state index in [9.17, 15) is 14.4 Å². The molecule has 0 aromatic heterocycles. The monoisotopic (exact) mass is 407 g/mol. The van der Waals surface area contributed by atoms with E-state index in [1.807, 2.05) is 18.2 Å². The molecule has 9 heteroatoms. The zero-order valence-electron chi connectivity index (χ0n) is 15.5. The highest BCUT2D eigenvalue weighted by Crippen LogP contribution is 2.32. The molecule has 0 saturated carbocycles. The van der Waals surface area contributed by atoms with Gasteiger partial charge in [0.05, 0.1) is 30.6 Å². The van der Waals surface area contributed by atoms with Gasteiger partial charge in [-0.15, -0.1) is 0 Å². The van der Waals surface area contributed by atoms with E-state index in [-0.39, 0.29) is 37.4 Å². The zero-order valence-corrected chi connectivity index (χ0v) is 16.3. The third-order valence-corrected chi connectivity index (χ3v) is 5.22. The molecular formula is C19H21NO7S. The third kappa shape index (κ3) is 5.19. The molecule has 2 heterocycles. The smallest absolute Gasteiger partial charge is 0.333 e. The van der Waals surface area contributed by atoms with Crippen LogP contribution in [0, 0.1) is 0 Å². The number of nitrogens with zero attached hydrogens (tertiary/aromatic N) is 1. The highest BCUT2D eigenvalue weighted by Gasteiger charge is 2.27. The predicted molar refractivity (Wildman–Crippen MR) is 101 cm³/mol. The number of amides is 1. The number of methoxy groups -OCH3 is 1. The number of fused-ring (bicyclic) bond motifs is 1. The van der Waals surface area contributed by atoms with Gasteiger partial charge in [0.2, 0.25) is 12.7 Å². The summed E-state index contributed by atoms with van der Waals surface area (Å²) in [5.74, 6) is 0.811. The van der Waals surface area contributed by atoms with Crippen molar-refractivity contribution in [1.29, 1.82) is 0 Å². The highest BCUT2D eigenvalue weighted by atomic mass is 32.2. The van der Waals surface area contributed by atoms with Crippen molar-refractivity contribution in [3.05, 3.63) is 34.9 Å². The molecule has 28 heavy (non-hydrogen) atoms. The van der Waals surface area contributed by atoms with E-state index in [0.717, 1.165) is 5.56 Å². The summed E-state index contributed by atoms with van der Waals surface area (Å²) in [5, 5.41) is 0.561. The number of benzene rings is 1. The Labute approximate surface area is 166 Å². The zero-order chi connectivity index (χ0) is 19.9. The molecule has 2 aliphatic rings. The van der Waals surface area contributed by atoms with E-state index in [4.69, 9.17) is 14.2 Å². The van der Waals surface area contributed by atoms with Crippen LogP contribution >= 0.6 is 11.8 Å². The first-order valence-electron chi connectivity index (χ1n) is 8.84. The van der Waals surface area contributed by atoms with Crippen LogP contribution in [0.3, 0.4) is 0 Å². The van der Waals surface area contributed by atoms with Crippen LogP contribution in [0.4, 0.5) is 0 Å². The fourth-order valence-corrected chi connectivity index (χ4v) is 3.71. The molecule has 1 saturated heterocycles. The number of aryl methyl sites for hydroxylation is 1. The Kier molecular flexibility index (Phi) is 6.80. The number of hydrogen-bond donors (Lipinski definition) is 0. The normalized spacial score (nSPS) is 16.5. The molecule has 1 fully saturated rings. The van der Waals surface area contributed by atoms with Gasteiger partial charge in [-0.25, -0.2) is 4.79 Å². The molecule has 0 spiro atoms. The Morgan fingerprint density at radius 2 is 2.11 bits per heavy atom. The van der Waals surface area contributed by atoms with Crippen molar-refractivity contribution >= 4 is 29.6 Å². The van der Waals surface area contributed by atoms with Crippen molar-refractivity contribution in [3.63, 3.8) is 0 Å². The summed E-state index contributed by atoms with van der Waals surface area (Å²) in [6.07, 6.45) is 2.59. The first-order valence-corrected chi connectivity index (χ1v) is 9.82. The SMILES string of the molecule is COC(=O)/C=C1/SCC(=O)N1CCCOC(=O)CCc1ccc2c(c1)OCO2. The molecule has 1 aromatic carbocycles. The van der Waals surface area contributed by atoms with Crippen LogP contribution in [0.1, 0.15) is 18.4 Å². The summed E-state index contributed by atoms with van der Waals surface area (Å²) in [5.41, 5.74) is 0.971. The van der Waals surface area contributed by atoms with Gasteiger partial charge < -0.3 is 23.8 Å². The van der Waals surface area contributed by atoms with Crippen LogP contribution in [-0.4, -0.2) is 55.6 Å². The van der Waals surface area contributed by atoms with Crippen molar-refractivity contribution in [3.8, 4) is 11.5 Å². The first kappa shape index (κ1) is 20.1. The van der Waals surface area contributed by atoms with Gasteiger partial charge in [-0.1, -0.05) is 17.8 Å². The molecular weight excluding hydrogens is 386 g/mol. The topological polar surface area (TPSA) is 91.4 Å². The van der Waals surface area contributed by atoms with Crippen molar-refractivity contribution in [1.82, 2.24) is 4.90 Å². The number of carbonyl (C=O) groups is 3. The molecule has 150 valence electrons. The summed E-state index contributed by atoms with van der Waals surface area (Å²) in [6.45, 7) is 0.805. The van der Waals surface area contributed by atoms with Gasteiger partial charge in [-0.2, -0.15) is 0 Å². The lowest BCUT2D eigenvalue weighted by molar-refractivity contribution is -0.143. The maximum Gasteiger partial charge on any atom is 0.333 e. The summed E-state index contributed by atoms with van der Waals surface area (Å²) in [4.78, 5) is 36.7. The van der Waals surface area contributed by atoms with Gasteiger partial charge in [0.1, 0.15) is 0 Å². The van der Waals surface area contributed by atoms with Gasteiger partial charge in [0, 0.05) is 13.0 Å². The molecule has 0 unspecified atom stereocenters. The minimum absolute atomic E-state index is 0.0747. The average Bonchev–Trinajstić information content (AvgIpc) is 3.30. The Bertz CT molecular complexity index is 792. The molecule has 8 nitrogen and oxygen atoms in total. The lowest BCUT2D eigenvalue weighted by Crippen LogP contribution is -2.27. The number of hydrogen-bond acceptors (Lipinski definition) is 8. The minimum atomic E-state index is -0.503. The fraction of sp³-hybridized carbons (Fsp3) is 0.421. The number of thioether (sulfide) groups is 1. The van der Waals surface area contributed by atoms with E-state index in [2.05, 4.69) is 4.74 Å². The molecule has 0 N–H and O–H groups in total. The first-order chi connectivity index (χ1) is 13.6. The average molecular weight is 407 g/mol. The molecule has 1 amide bonds. The van der Waals surface area contributed by atoms with Crippen LogP contribution in [0.2, 0.25) is 0 Å². The Morgan fingerprint density at radius 1 is 1.29 bits per heavy atom. The highest BCUT2D eigenvalue weighted by molar-refractivity contribution is 8.04. The summed E-state index contributed by atoms with van der Waals surface area (Å²) in [6, 6.07) is 5.58. The maximum atomic E-state index is 11.9. The minimum Gasteiger partial charge on any atom is -0.466 e. The Balaban J connectivity index is 1.37. The molecule has 0 bridgehead atoms. The van der Waals surface area contributed by atoms with Crippen molar-refractivity contribution in [2.45, 2.75) is 19.3 Å². The van der Waals surface area contributed by atoms with E-state index in [1.165, 1.54) is 29.8 Å². The van der Waals surface area contributed by atoms with Crippen molar-refractivity contribution in [2.75, 3.05) is 32.8 Å². The van der Waals surface area contributed by atoms with Crippen LogP contribution in [0.15, 0.2) is 29.3 Å². The number of carbonyl (C=O) groups excluding carboxylic acids is 3. The Morgan fingerprint density at radius 3 is 2.93 bits per heavy atom. The van der Waals surface area contributed by atoms with Crippen molar-refractivity contribution in [2.24, 2.45) is 0 Å². The summed E-state index contributed by atoms with van der Waals surface area (Å²) >= 11 is 1.29. The van der Waals surface area contributed by atoms with Gasteiger partial charge in [0.15, 0.2) is 11.5 Å². The summed E-state index contributed by atoms with van der Waals surface area (Å²) < 4.78 is 20.4. The molecule has 0 aliphatic carbocycles. The van der Waals surface area contributed by atoms with Gasteiger partial charge >= 0.3 is 11.9 Å². The van der Waals surface area contributed by atoms with Gasteiger partial charge in [-0.05, 0) is 30.5 Å². The second-order valence-electron chi connectivity index (χ2n) is 6.10. The fourth-order valence-electron chi connectivity index (χ4n) is 2.75. The standard InChI is InChI=1S/C19H21NO7S/c1-24-19(23)10-17-20(16(21)11-28-17)7-2-8-25-18(22)6-4-13-3-5-14-15(9-13)27-12-26-14/h3,5,9-10H,2,4,6-8,11-12H2,1H3/b17-10+. The van der Waals surface area contributed by atoms with E-state index in [0.29, 0.717) is 35.9 Å². The number of esters is 2. The molecule has 1 aromatic rings. The van der Waals surface area contributed by atoms with Gasteiger partial charge in [0.25, 0.3) is 0 Å². The largest absolute Gasteiger partial charge is 0.466 e. The lowest BCUT2D eigenvalue weighted by Gasteiger charge is -2.16. The lowest BCUT2D eigenvalue weighted by atomic mass is 10.1. The number of rotatable bonds is 8. The van der Waals surface area contributed by atoms with Crippen molar-refractivity contribution < 1.29 is 33.3 Å². The number of ether oxygens (including phenoxy) is 4. The maximum absolute atomic E-state index is 11.9. The van der Waals surface area contributed by atoms with Crippen LogP contribution < -0.4 is 9.47 Å². The molecule has 0 atom stereocenters. The molecule has 3 rings (SSSR count). The Hall–Kier alpha value is -2.68. The van der Waals surface area contributed by atoms with Gasteiger partial charge in [-0.3, -0.25) is 9.59 Å². The molecule has 2 aliphatic heterocycles. The van der Waals surface area contributed by atoms with E-state index < -0.39 is 5.97 Å². The van der Waals surface area contributed by atoms with Crippen LogP contribution in [-0.2, 0) is 30.3 Å².